The second-order valence-corrected chi connectivity index (χ2v) is 0.471. The molecule has 0 nitrogen and oxygen atoms in total. The SMILES string of the molecule is C.C.C.C=CC=C. The Bertz CT molecular complexity index is 21.0. The molecule has 0 saturated carbocycles. The first kappa shape index (κ1) is 31.6. The molecule has 0 saturated heterocycles. The molecule has 0 fully saturated rings. The van der Waals surface area contributed by atoms with Gasteiger partial charge in [-0.3, -0.25) is 0 Å². The van der Waals surface area contributed by atoms with Gasteiger partial charge in [-0.2, -0.15) is 0 Å². The van der Waals surface area contributed by atoms with Crippen LogP contribution in [0.25, 0.3) is 0 Å². The van der Waals surface area contributed by atoms with Crippen molar-refractivity contribution in [1.82, 2.24) is 0 Å². The number of rotatable bonds is 1. The summed E-state index contributed by atoms with van der Waals surface area (Å²) in [6.45, 7) is 6.72. The molecule has 0 aromatic heterocycles. The van der Waals surface area contributed by atoms with E-state index in [1.165, 1.54) is 0 Å². The first-order chi connectivity index (χ1) is 1.91. The Labute approximate surface area is 48.6 Å². The third kappa shape index (κ3) is 288. The van der Waals surface area contributed by atoms with E-state index in [0.29, 0.717) is 0 Å². The fourth-order valence-electron chi connectivity index (χ4n) is 0. The fourth-order valence-corrected chi connectivity index (χ4v) is 0. The second kappa shape index (κ2) is 50.2. The van der Waals surface area contributed by atoms with Crippen molar-refractivity contribution >= 4 is 0 Å². The van der Waals surface area contributed by atoms with E-state index in [0.717, 1.165) is 0 Å². The smallest absolute Gasteiger partial charge is 0.0701 e. The summed E-state index contributed by atoms with van der Waals surface area (Å²) in [7, 11) is 0. The predicted octanol–water partition coefficient (Wildman–Crippen LogP) is 3.27. The molecular formula is C7H18. The van der Waals surface area contributed by atoms with Crippen molar-refractivity contribution in [2.75, 3.05) is 0 Å². The molecule has 0 atom stereocenters. The minimum Gasteiger partial charge on any atom is -0.0991 e. The minimum absolute atomic E-state index is 0. The van der Waals surface area contributed by atoms with E-state index in [-0.39, 0.29) is 22.3 Å². The second-order valence-electron chi connectivity index (χ2n) is 0.471. The van der Waals surface area contributed by atoms with Gasteiger partial charge in [0.2, 0.25) is 0 Å². The van der Waals surface area contributed by atoms with Crippen LogP contribution in [-0.2, 0) is 0 Å². The van der Waals surface area contributed by atoms with Gasteiger partial charge in [0.25, 0.3) is 0 Å². The molecule has 0 aliphatic carbocycles. The summed E-state index contributed by atoms with van der Waals surface area (Å²) in [4.78, 5) is 0. The van der Waals surface area contributed by atoms with E-state index in [1.54, 1.807) is 12.2 Å². The van der Waals surface area contributed by atoms with Gasteiger partial charge in [-0.05, 0) is 0 Å². The standard InChI is InChI=1S/C4H6.3CH4/c1-3-4-2;;;/h3-4H,1-2H2;3*1H4. The first-order valence-electron chi connectivity index (χ1n) is 1.15. The van der Waals surface area contributed by atoms with Crippen LogP contribution >= 0.6 is 0 Å². The van der Waals surface area contributed by atoms with Gasteiger partial charge < -0.3 is 0 Å². The van der Waals surface area contributed by atoms with E-state index in [1.807, 2.05) is 0 Å². The van der Waals surface area contributed by atoms with Gasteiger partial charge in [-0.15, -0.1) is 0 Å². The third-order valence-corrected chi connectivity index (χ3v) is 0.167. The van der Waals surface area contributed by atoms with E-state index in [9.17, 15) is 0 Å². The lowest BCUT2D eigenvalue weighted by Gasteiger charge is -1.44. The molecule has 0 heteroatoms. The van der Waals surface area contributed by atoms with Crippen molar-refractivity contribution < 1.29 is 0 Å². The van der Waals surface area contributed by atoms with Gasteiger partial charge in [-0.1, -0.05) is 47.6 Å². The number of hydrogen-bond donors (Lipinski definition) is 0. The van der Waals surface area contributed by atoms with Crippen LogP contribution in [0.1, 0.15) is 22.3 Å². The van der Waals surface area contributed by atoms with Crippen molar-refractivity contribution in [3.63, 3.8) is 0 Å². The molecule has 0 aromatic rings. The van der Waals surface area contributed by atoms with Gasteiger partial charge in [0.1, 0.15) is 0 Å². The largest absolute Gasteiger partial charge is 0.0991 e. The Balaban J connectivity index is -0.0000000150. The number of allylic oxidation sites excluding steroid dienone is 2. The minimum atomic E-state index is 0. The van der Waals surface area contributed by atoms with Crippen LogP contribution < -0.4 is 0 Å². The highest BCUT2D eigenvalue weighted by atomic mass is 13.4. The molecule has 0 bridgehead atoms. The van der Waals surface area contributed by atoms with Crippen LogP contribution in [0, 0.1) is 0 Å². The summed E-state index contributed by atoms with van der Waals surface area (Å²) < 4.78 is 0. The molecule has 0 aliphatic rings. The van der Waals surface area contributed by atoms with Crippen LogP contribution in [0.5, 0.6) is 0 Å². The monoisotopic (exact) mass is 102 g/mol. The summed E-state index contributed by atoms with van der Waals surface area (Å²) in [5, 5.41) is 0. The van der Waals surface area contributed by atoms with Crippen LogP contribution in [-0.4, -0.2) is 0 Å². The van der Waals surface area contributed by atoms with Crippen molar-refractivity contribution in [2.45, 2.75) is 22.3 Å². The summed E-state index contributed by atoms with van der Waals surface area (Å²) in [6.07, 6.45) is 3.28. The Hall–Kier alpha value is -0.520. The summed E-state index contributed by atoms with van der Waals surface area (Å²) in [5.41, 5.74) is 0. The van der Waals surface area contributed by atoms with Crippen molar-refractivity contribution in [2.24, 2.45) is 0 Å². The molecule has 0 aliphatic heterocycles. The fraction of sp³-hybridized carbons (Fsp3) is 0.429. The van der Waals surface area contributed by atoms with E-state index < -0.39 is 0 Å². The highest BCUT2D eigenvalue weighted by Crippen LogP contribution is 1.52. The third-order valence-electron chi connectivity index (χ3n) is 0.167. The molecular weight excluding hydrogens is 84.1 g/mol. The molecule has 0 amide bonds. The average Bonchev–Trinajstić information content (AvgIpc) is 1.37. The maximum atomic E-state index is 3.36. The van der Waals surface area contributed by atoms with Crippen molar-refractivity contribution in [3.8, 4) is 0 Å². The lowest BCUT2D eigenvalue weighted by Crippen LogP contribution is -1.21. The van der Waals surface area contributed by atoms with Gasteiger partial charge in [0.15, 0.2) is 0 Å². The van der Waals surface area contributed by atoms with E-state index in [2.05, 4.69) is 13.2 Å². The Morgan fingerprint density at radius 3 is 0.857 bits per heavy atom. The molecule has 0 unspecified atom stereocenters. The highest BCUT2D eigenvalue weighted by molar-refractivity contribution is 4.88. The van der Waals surface area contributed by atoms with Gasteiger partial charge in [0, 0.05) is 0 Å². The Kier molecular flexibility index (Phi) is 227. The molecule has 0 spiro atoms. The topological polar surface area (TPSA) is 0 Å². The van der Waals surface area contributed by atoms with Crippen molar-refractivity contribution in [1.29, 1.82) is 0 Å². The van der Waals surface area contributed by atoms with E-state index in [4.69, 9.17) is 0 Å². The molecule has 46 valence electrons. The average molecular weight is 102 g/mol. The summed E-state index contributed by atoms with van der Waals surface area (Å²) >= 11 is 0. The maximum absolute atomic E-state index is 3.36. The molecule has 0 radical (unpaired) electrons. The van der Waals surface area contributed by atoms with Gasteiger partial charge in [-0.25, -0.2) is 0 Å². The predicted molar refractivity (Wildman–Crippen MR) is 40.6 cm³/mol. The maximum Gasteiger partial charge on any atom is -0.0701 e. The zero-order chi connectivity index (χ0) is 3.41. The molecule has 0 aromatic carbocycles. The zero-order valence-corrected chi connectivity index (χ0v) is 2.57. The van der Waals surface area contributed by atoms with E-state index >= 15 is 0 Å². The number of hydrogen-bond acceptors (Lipinski definition) is 0. The van der Waals surface area contributed by atoms with Gasteiger partial charge in [0.05, 0.1) is 0 Å². The van der Waals surface area contributed by atoms with Crippen molar-refractivity contribution in [3.05, 3.63) is 25.3 Å². The quantitative estimate of drug-likeness (QED) is 0.446. The lowest BCUT2D eigenvalue weighted by molar-refractivity contribution is 2.15. The molecule has 0 N–H and O–H groups in total. The van der Waals surface area contributed by atoms with Gasteiger partial charge >= 0.3 is 0 Å². The molecule has 0 rings (SSSR count). The van der Waals surface area contributed by atoms with Crippen LogP contribution in [0.4, 0.5) is 0 Å². The Morgan fingerprint density at radius 1 is 0.714 bits per heavy atom. The normalized spacial score (nSPS) is 2.86. The summed E-state index contributed by atoms with van der Waals surface area (Å²) in [5.74, 6) is 0. The van der Waals surface area contributed by atoms with Crippen LogP contribution in [0.3, 0.4) is 0 Å². The lowest BCUT2D eigenvalue weighted by atomic mass is 10.6. The first-order valence-corrected chi connectivity index (χ1v) is 1.15. The summed E-state index contributed by atoms with van der Waals surface area (Å²) in [6, 6.07) is 0. The molecule has 0 heterocycles. The van der Waals surface area contributed by atoms with Crippen LogP contribution in [0.2, 0.25) is 0 Å². The zero-order valence-electron chi connectivity index (χ0n) is 2.57. The Morgan fingerprint density at radius 2 is 0.857 bits per heavy atom. The van der Waals surface area contributed by atoms with Crippen LogP contribution in [0.15, 0.2) is 25.3 Å². The highest BCUT2D eigenvalue weighted by Gasteiger charge is 1.29. The molecule has 7 heavy (non-hydrogen) atoms.